The largest absolute Gasteiger partial charge is 0.497 e. The highest BCUT2D eigenvalue weighted by molar-refractivity contribution is 5.80. The lowest BCUT2D eigenvalue weighted by Gasteiger charge is -2.10. The highest BCUT2D eigenvalue weighted by Crippen LogP contribution is 2.34. The molecule has 7 nitrogen and oxygen atoms in total. The molecule has 7 heteroatoms. The quantitative estimate of drug-likeness (QED) is 0.424. The number of hydrogen-bond donors (Lipinski definition) is 1. The molecule has 170 valence electrons. The summed E-state index contributed by atoms with van der Waals surface area (Å²) in [5, 5.41) is 14.7. The van der Waals surface area contributed by atoms with Crippen LogP contribution in [0.25, 0.3) is 33.9 Å². The summed E-state index contributed by atoms with van der Waals surface area (Å²) < 4.78 is 7.41. The molecule has 1 N–H and O–H groups in total. The van der Waals surface area contributed by atoms with Crippen LogP contribution in [0.2, 0.25) is 0 Å². The van der Waals surface area contributed by atoms with E-state index in [1.807, 2.05) is 48.1 Å². The van der Waals surface area contributed by atoms with Crippen molar-refractivity contribution in [3.8, 4) is 39.7 Å². The normalized spacial score (nSPS) is 12.0. The number of rotatable bonds is 8. The number of aromatic nitrogens is 5. The molecule has 1 aromatic carbocycles. The Labute approximate surface area is 194 Å². The van der Waals surface area contributed by atoms with Gasteiger partial charge in [0.1, 0.15) is 11.4 Å². The van der Waals surface area contributed by atoms with Crippen molar-refractivity contribution < 1.29 is 9.84 Å². The van der Waals surface area contributed by atoms with Crippen molar-refractivity contribution in [3.05, 3.63) is 66.2 Å². The monoisotopic (exact) mass is 443 g/mol. The fraction of sp³-hybridized carbons (Fsp3) is 0.308. The summed E-state index contributed by atoms with van der Waals surface area (Å²) >= 11 is 0. The van der Waals surface area contributed by atoms with E-state index in [1.54, 1.807) is 26.4 Å². The molecule has 0 aliphatic rings. The third-order valence-electron chi connectivity index (χ3n) is 5.44. The average molecular weight is 444 g/mol. The molecule has 4 rings (SSSR count). The molecule has 0 aliphatic heterocycles. The van der Waals surface area contributed by atoms with Crippen LogP contribution >= 0.6 is 0 Å². The number of methoxy groups -OCH3 is 1. The fourth-order valence-electron chi connectivity index (χ4n) is 3.73. The Bertz CT molecular complexity index is 1230. The topological polar surface area (TPSA) is 86.0 Å². The molecule has 0 aliphatic carbocycles. The van der Waals surface area contributed by atoms with Crippen molar-refractivity contribution in [1.29, 1.82) is 0 Å². The summed E-state index contributed by atoms with van der Waals surface area (Å²) in [6.07, 6.45) is 6.39. The van der Waals surface area contributed by atoms with Crippen LogP contribution in [0, 0.1) is 6.92 Å². The zero-order valence-corrected chi connectivity index (χ0v) is 19.5. The maximum atomic E-state index is 9.81. The summed E-state index contributed by atoms with van der Waals surface area (Å²) in [4.78, 5) is 13.9. The van der Waals surface area contributed by atoms with Gasteiger partial charge in [-0.25, -0.2) is 9.97 Å². The molecule has 0 bridgehead atoms. The second-order valence-electron chi connectivity index (χ2n) is 8.18. The Balaban J connectivity index is 1.88. The Morgan fingerprint density at radius 3 is 2.67 bits per heavy atom. The van der Waals surface area contributed by atoms with Crippen LogP contribution in [0.15, 0.2) is 55.0 Å². The number of nitrogens with zero attached hydrogens (tertiary/aromatic N) is 5. The molecule has 0 fully saturated rings. The average Bonchev–Trinajstić information content (AvgIpc) is 3.27. The zero-order valence-electron chi connectivity index (χ0n) is 19.5. The minimum atomic E-state index is -0.400. The molecular weight excluding hydrogens is 414 g/mol. The summed E-state index contributed by atoms with van der Waals surface area (Å²) in [5.41, 5.74) is 6.35. The standard InChI is InChI=1S/C26H29N5O2/c1-5-31-16-23(25(30-31)20-11-17(2)12-22(13-20)33-4)24-14-21(9-8-18(3)32)28-26(29-24)19-7-6-10-27-15-19/h6-7,10-16,18,32H,5,8-9H2,1-4H3/t18-/m0/s1. The minimum Gasteiger partial charge on any atom is -0.497 e. The van der Waals surface area contributed by atoms with Crippen molar-refractivity contribution in [2.75, 3.05) is 7.11 Å². The van der Waals surface area contributed by atoms with Gasteiger partial charge in [0.05, 0.1) is 18.9 Å². The third kappa shape index (κ3) is 5.26. The van der Waals surface area contributed by atoms with Gasteiger partial charge in [-0.3, -0.25) is 9.67 Å². The van der Waals surface area contributed by atoms with Crippen LogP contribution in [-0.2, 0) is 13.0 Å². The van der Waals surface area contributed by atoms with Gasteiger partial charge in [-0.1, -0.05) is 0 Å². The summed E-state index contributed by atoms with van der Waals surface area (Å²) in [7, 11) is 1.67. The first kappa shape index (κ1) is 22.6. The van der Waals surface area contributed by atoms with E-state index >= 15 is 0 Å². The number of hydrogen-bond acceptors (Lipinski definition) is 6. The molecule has 4 aromatic rings. The molecule has 0 saturated heterocycles. The van der Waals surface area contributed by atoms with Crippen LogP contribution in [0.3, 0.4) is 0 Å². The number of aliphatic hydroxyl groups is 1. The molecule has 0 saturated carbocycles. The lowest BCUT2D eigenvalue weighted by atomic mass is 10.0. The van der Waals surface area contributed by atoms with Gasteiger partial charge in [0.2, 0.25) is 0 Å². The van der Waals surface area contributed by atoms with Gasteiger partial charge in [-0.15, -0.1) is 0 Å². The zero-order chi connectivity index (χ0) is 23.4. The van der Waals surface area contributed by atoms with Gasteiger partial charge in [0.15, 0.2) is 5.82 Å². The maximum Gasteiger partial charge on any atom is 0.161 e. The Hall–Kier alpha value is -3.58. The van der Waals surface area contributed by atoms with Gasteiger partial charge >= 0.3 is 0 Å². The highest BCUT2D eigenvalue weighted by Gasteiger charge is 2.18. The number of aliphatic hydroxyl groups excluding tert-OH is 1. The lowest BCUT2D eigenvalue weighted by Crippen LogP contribution is -2.05. The summed E-state index contributed by atoms with van der Waals surface area (Å²) in [6.45, 7) is 6.64. The molecule has 0 radical (unpaired) electrons. The van der Waals surface area contributed by atoms with E-state index in [0.29, 0.717) is 18.7 Å². The van der Waals surface area contributed by atoms with E-state index in [1.165, 1.54) is 0 Å². The smallest absolute Gasteiger partial charge is 0.161 e. The molecule has 0 unspecified atom stereocenters. The van der Waals surface area contributed by atoms with Gasteiger partial charge in [-0.05, 0) is 75.6 Å². The van der Waals surface area contributed by atoms with E-state index in [-0.39, 0.29) is 0 Å². The molecule has 0 amide bonds. The van der Waals surface area contributed by atoms with Crippen LogP contribution in [0.5, 0.6) is 5.75 Å². The Morgan fingerprint density at radius 1 is 1.12 bits per heavy atom. The molecule has 3 heterocycles. The second kappa shape index (κ2) is 9.92. The lowest BCUT2D eigenvalue weighted by molar-refractivity contribution is 0.184. The minimum absolute atomic E-state index is 0.400. The van der Waals surface area contributed by atoms with Gasteiger partial charge in [-0.2, -0.15) is 5.10 Å². The predicted molar refractivity (Wildman–Crippen MR) is 129 cm³/mol. The van der Waals surface area contributed by atoms with Crippen LogP contribution in [0.1, 0.15) is 31.5 Å². The van der Waals surface area contributed by atoms with Gasteiger partial charge in [0.25, 0.3) is 0 Å². The van der Waals surface area contributed by atoms with E-state index in [9.17, 15) is 5.11 Å². The molecular formula is C26H29N5O2. The van der Waals surface area contributed by atoms with E-state index in [2.05, 4.69) is 18.0 Å². The Morgan fingerprint density at radius 2 is 1.97 bits per heavy atom. The van der Waals surface area contributed by atoms with Gasteiger partial charge < -0.3 is 9.84 Å². The predicted octanol–water partition coefficient (Wildman–Crippen LogP) is 4.72. The van der Waals surface area contributed by atoms with Crippen molar-refractivity contribution in [2.24, 2.45) is 0 Å². The number of aryl methyl sites for hydroxylation is 3. The van der Waals surface area contributed by atoms with Crippen LogP contribution in [0.4, 0.5) is 0 Å². The summed E-state index contributed by atoms with van der Waals surface area (Å²) in [6, 6.07) is 11.9. The molecule has 3 aromatic heterocycles. The third-order valence-corrected chi connectivity index (χ3v) is 5.44. The number of ether oxygens (including phenoxy) is 1. The highest BCUT2D eigenvalue weighted by atomic mass is 16.5. The first-order chi connectivity index (χ1) is 16.0. The van der Waals surface area contributed by atoms with Crippen molar-refractivity contribution in [2.45, 2.75) is 46.3 Å². The van der Waals surface area contributed by atoms with Gasteiger partial charge in [0, 0.05) is 47.5 Å². The van der Waals surface area contributed by atoms with E-state index < -0.39 is 6.10 Å². The number of benzene rings is 1. The SMILES string of the molecule is CCn1cc(-c2cc(CC[C@H](C)O)nc(-c3cccnc3)n2)c(-c2cc(C)cc(OC)c2)n1. The van der Waals surface area contributed by atoms with E-state index in [4.69, 9.17) is 19.8 Å². The number of pyridine rings is 1. The van der Waals surface area contributed by atoms with E-state index in [0.717, 1.165) is 51.6 Å². The second-order valence-corrected chi connectivity index (χ2v) is 8.18. The van der Waals surface area contributed by atoms with Crippen LogP contribution < -0.4 is 4.74 Å². The van der Waals surface area contributed by atoms with Crippen molar-refractivity contribution in [1.82, 2.24) is 24.7 Å². The van der Waals surface area contributed by atoms with Crippen molar-refractivity contribution >= 4 is 0 Å². The Kier molecular flexibility index (Phi) is 6.79. The summed E-state index contributed by atoms with van der Waals surface area (Å²) in [5.74, 6) is 1.40. The first-order valence-electron chi connectivity index (χ1n) is 11.2. The van der Waals surface area contributed by atoms with Crippen LogP contribution in [-0.4, -0.2) is 43.1 Å². The van der Waals surface area contributed by atoms with Crippen molar-refractivity contribution in [3.63, 3.8) is 0 Å². The first-order valence-corrected chi connectivity index (χ1v) is 11.2. The fourth-order valence-corrected chi connectivity index (χ4v) is 3.73. The molecule has 0 spiro atoms. The molecule has 1 atom stereocenters. The molecule has 33 heavy (non-hydrogen) atoms. The maximum absolute atomic E-state index is 9.81.